The number of fused-ring (bicyclic) bond motifs is 1. The first kappa shape index (κ1) is 17.3. The van der Waals surface area contributed by atoms with Gasteiger partial charge in [0.2, 0.25) is 10.0 Å². The lowest BCUT2D eigenvalue weighted by molar-refractivity contribution is 0.294. The van der Waals surface area contributed by atoms with Crippen LogP contribution in [0.3, 0.4) is 0 Å². The molecule has 2 aromatic heterocycles. The molecule has 0 aromatic carbocycles. The fourth-order valence-electron chi connectivity index (χ4n) is 3.58. The van der Waals surface area contributed by atoms with Crippen molar-refractivity contribution in [2.45, 2.75) is 50.0 Å². The fourth-order valence-corrected chi connectivity index (χ4v) is 4.86. The van der Waals surface area contributed by atoms with Crippen molar-refractivity contribution in [1.82, 2.24) is 19.5 Å². The summed E-state index contributed by atoms with van der Waals surface area (Å²) in [7, 11) is -1.86. The van der Waals surface area contributed by atoms with Gasteiger partial charge in [-0.3, -0.25) is 4.68 Å². The standard InChI is InChI=1S/C16H25N5O2S/c1-11-14-8-13(10-18-16(14)21(2)19-11)24(22,23)20-15(9-17)12-6-4-3-5-7-12/h8,10,12,15,20H,3-7,9,17H2,1-2H3. The first-order valence-electron chi connectivity index (χ1n) is 8.44. The molecule has 0 saturated heterocycles. The second kappa shape index (κ2) is 6.78. The highest BCUT2D eigenvalue weighted by atomic mass is 32.2. The molecule has 24 heavy (non-hydrogen) atoms. The van der Waals surface area contributed by atoms with Gasteiger partial charge in [-0.25, -0.2) is 18.1 Å². The molecule has 1 aliphatic rings. The van der Waals surface area contributed by atoms with E-state index in [1.807, 2.05) is 6.92 Å². The summed E-state index contributed by atoms with van der Waals surface area (Å²) < 4.78 is 30.0. The highest BCUT2D eigenvalue weighted by Gasteiger charge is 2.28. The largest absolute Gasteiger partial charge is 0.329 e. The number of pyridine rings is 1. The minimum absolute atomic E-state index is 0.167. The summed E-state index contributed by atoms with van der Waals surface area (Å²) in [5.41, 5.74) is 7.29. The van der Waals surface area contributed by atoms with Gasteiger partial charge in [-0.2, -0.15) is 5.10 Å². The summed E-state index contributed by atoms with van der Waals surface area (Å²) in [6, 6.07) is 1.42. The summed E-state index contributed by atoms with van der Waals surface area (Å²) in [6.07, 6.45) is 6.96. The Bertz CT molecular complexity index is 824. The SMILES string of the molecule is Cc1nn(C)c2ncc(S(=O)(=O)NC(CN)C3CCCCC3)cc12. The van der Waals surface area contributed by atoms with Crippen LogP contribution < -0.4 is 10.5 Å². The van der Waals surface area contributed by atoms with Gasteiger partial charge in [0.15, 0.2) is 5.65 Å². The van der Waals surface area contributed by atoms with E-state index in [4.69, 9.17) is 5.73 Å². The van der Waals surface area contributed by atoms with Crippen molar-refractivity contribution in [3.8, 4) is 0 Å². The summed E-state index contributed by atoms with van der Waals surface area (Å²) in [6.45, 7) is 2.16. The minimum atomic E-state index is -3.65. The molecule has 2 heterocycles. The van der Waals surface area contributed by atoms with Crippen LogP contribution in [0.25, 0.3) is 11.0 Å². The Morgan fingerprint density at radius 2 is 2.08 bits per heavy atom. The molecule has 1 aliphatic carbocycles. The Hall–Kier alpha value is -1.51. The van der Waals surface area contributed by atoms with Crippen molar-refractivity contribution in [3.63, 3.8) is 0 Å². The predicted molar refractivity (Wildman–Crippen MR) is 93.0 cm³/mol. The van der Waals surface area contributed by atoms with Gasteiger partial charge in [-0.1, -0.05) is 19.3 Å². The van der Waals surface area contributed by atoms with Crippen LogP contribution in [0.5, 0.6) is 0 Å². The second-order valence-electron chi connectivity index (χ2n) is 6.61. The maximum absolute atomic E-state index is 12.8. The van der Waals surface area contributed by atoms with Crippen LogP contribution in [0.1, 0.15) is 37.8 Å². The van der Waals surface area contributed by atoms with Crippen LogP contribution in [0.15, 0.2) is 17.2 Å². The smallest absolute Gasteiger partial charge is 0.242 e. The average Bonchev–Trinajstić information content (AvgIpc) is 2.87. The van der Waals surface area contributed by atoms with Crippen molar-refractivity contribution in [1.29, 1.82) is 0 Å². The number of nitrogens with zero attached hydrogens (tertiary/aromatic N) is 3. The van der Waals surface area contributed by atoms with E-state index in [2.05, 4.69) is 14.8 Å². The molecule has 1 atom stereocenters. The van der Waals surface area contributed by atoms with Crippen molar-refractivity contribution in [3.05, 3.63) is 18.0 Å². The van der Waals surface area contributed by atoms with E-state index in [-0.39, 0.29) is 10.9 Å². The molecule has 3 N–H and O–H groups in total. The fraction of sp³-hybridized carbons (Fsp3) is 0.625. The first-order valence-corrected chi connectivity index (χ1v) is 9.92. The molecule has 0 aliphatic heterocycles. The zero-order valence-electron chi connectivity index (χ0n) is 14.2. The number of aromatic nitrogens is 3. The molecule has 132 valence electrons. The highest BCUT2D eigenvalue weighted by molar-refractivity contribution is 7.89. The molecule has 0 spiro atoms. The molecule has 0 radical (unpaired) electrons. The molecule has 3 rings (SSSR count). The Balaban J connectivity index is 1.87. The Kier molecular flexibility index (Phi) is 4.89. The second-order valence-corrected chi connectivity index (χ2v) is 8.33. The van der Waals surface area contributed by atoms with Gasteiger partial charge in [-0.05, 0) is 31.7 Å². The van der Waals surface area contributed by atoms with E-state index in [0.717, 1.165) is 36.8 Å². The minimum Gasteiger partial charge on any atom is -0.329 e. The van der Waals surface area contributed by atoms with Crippen LogP contribution in [0, 0.1) is 12.8 Å². The number of hydrogen-bond donors (Lipinski definition) is 2. The number of nitrogens with two attached hydrogens (primary N) is 1. The lowest BCUT2D eigenvalue weighted by atomic mass is 9.84. The summed E-state index contributed by atoms with van der Waals surface area (Å²) in [5, 5.41) is 5.04. The zero-order valence-corrected chi connectivity index (χ0v) is 15.0. The molecule has 0 amide bonds. The van der Waals surface area contributed by atoms with E-state index in [0.29, 0.717) is 18.1 Å². The van der Waals surface area contributed by atoms with Crippen molar-refractivity contribution in [2.75, 3.05) is 6.54 Å². The molecular weight excluding hydrogens is 326 g/mol. The van der Waals surface area contributed by atoms with E-state index in [1.165, 1.54) is 12.6 Å². The third-order valence-electron chi connectivity index (χ3n) is 4.93. The molecule has 1 unspecified atom stereocenters. The summed E-state index contributed by atoms with van der Waals surface area (Å²) in [4.78, 5) is 4.43. The topological polar surface area (TPSA) is 103 Å². The van der Waals surface area contributed by atoms with Crippen molar-refractivity contribution in [2.24, 2.45) is 18.7 Å². The average molecular weight is 351 g/mol. The number of sulfonamides is 1. The van der Waals surface area contributed by atoms with Gasteiger partial charge >= 0.3 is 0 Å². The van der Waals surface area contributed by atoms with Gasteiger partial charge in [0.05, 0.1) is 5.69 Å². The monoisotopic (exact) mass is 351 g/mol. The molecule has 8 heteroatoms. The molecule has 2 aromatic rings. The Morgan fingerprint density at radius 1 is 1.38 bits per heavy atom. The maximum atomic E-state index is 12.8. The highest BCUT2D eigenvalue weighted by Crippen LogP contribution is 2.27. The Labute approximate surface area is 142 Å². The van der Waals surface area contributed by atoms with E-state index in [9.17, 15) is 8.42 Å². The molecule has 0 bridgehead atoms. The summed E-state index contributed by atoms with van der Waals surface area (Å²) in [5.74, 6) is 0.315. The van der Waals surface area contributed by atoms with Crippen LogP contribution in [-0.2, 0) is 17.1 Å². The van der Waals surface area contributed by atoms with Gasteiger partial charge < -0.3 is 5.73 Å². The molecule has 1 saturated carbocycles. The number of hydrogen-bond acceptors (Lipinski definition) is 5. The van der Waals surface area contributed by atoms with Crippen LogP contribution >= 0.6 is 0 Å². The normalized spacial score (nSPS) is 18.1. The number of nitrogens with one attached hydrogen (secondary N) is 1. The van der Waals surface area contributed by atoms with E-state index < -0.39 is 10.0 Å². The van der Waals surface area contributed by atoms with Gasteiger partial charge in [0, 0.05) is 31.2 Å². The van der Waals surface area contributed by atoms with Gasteiger partial charge in [0.25, 0.3) is 0 Å². The van der Waals surface area contributed by atoms with Crippen LogP contribution in [0.2, 0.25) is 0 Å². The van der Waals surface area contributed by atoms with Crippen molar-refractivity contribution >= 4 is 21.1 Å². The lowest BCUT2D eigenvalue weighted by Gasteiger charge is -2.29. The predicted octanol–water partition coefficient (Wildman–Crippen LogP) is 1.46. The lowest BCUT2D eigenvalue weighted by Crippen LogP contribution is -2.45. The number of rotatable bonds is 5. The number of aryl methyl sites for hydroxylation is 2. The van der Waals surface area contributed by atoms with Gasteiger partial charge in [0.1, 0.15) is 4.90 Å². The summed E-state index contributed by atoms with van der Waals surface area (Å²) >= 11 is 0. The van der Waals surface area contributed by atoms with Crippen LogP contribution in [0.4, 0.5) is 0 Å². The van der Waals surface area contributed by atoms with Crippen molar-refractivity contribution < 1.29 is 8.42 Å². The molecule has 1 fully saturated rings. The third-order valence-corrected chi connectivity index (χ3v) is 6.38. The quantitative estimate of drug-likeness (QED) is 0.849. The Morgan fingerprint density at radius 3 is 2.75 bits per heavy atom. The third kappa shape index (κ3) is 3.31. The molecule has 7 nitrogen and oxygen atoms in total. The van der Waals surface area contributed by atoms with Gasteiger partial charge in [-0.15, -0.1) is 0 Å². The van der Waals surface area contributed by atoms with E-state index in [1.54, 1.807) is 17.8 Å². The van der Waals surface area contributed by atoms with E-state index >= 15 is 0 Å². The maximum Gasteiger partial charge on any atom is 0.242 e. The zero-order chi connectivity index (χ0) is 17.3. The molecular formula is C16H25N5O2S. The van der Waals surface area contributed by atoms with Crippen LogP contribution in [-0.4, -0.2) is 35.8 Å². The first-order chi connectivity index (χ1) is 11.4.